The molecular formula is C28H34Cl2N2O3. The maximum atomic E-state index is 13.0. The maximum absolute atomic E-state index is 13.0. The number of phenols is 1. The van der Waals surface area contributed by atoms with Gasteiger partial charge in [0.2, 0.25) is 5.91 Å². The summed E-state index contributed by atoms with van der Waals surface area (Å²) >= 11 is 12.2. The standard InChI is InChI=1S/C28H34Cl2N2O3/c1-35-26-14-21(31-27(34)12-19-7-8-24(29)25(30)11-19)15-28(20-3-2-4-22(33)13-20)9-10-32(17-23(26)28)16-18-5-6-18/h2-4,7-8,11,13,18,21,23,26,33H,5-6,9-10,12,14-17H2,1H3,(H,31,34)/t21-,23-,26?,28-/m0/s1. The van der Waals surface area contributed by atoms with Crippen LogP contribution in [0.3, 0.4) is 0 Å². The first-order valence-electron chi connectivity index (χ1n) is 12.6. The van der Waals surface area contributed by atoms with Gasteiger partial charge in [-0.25, -0.2) is 0 Å². The van der Waals surface area contributed by atoms with E-state index in [1.165, 1.54) is 19.4 Å². The molecular weight excluding hydrogens is 483 g/mol. The first-order valence-corrected chi connectivity index (χ1v) is 13.4. The third kappa shape index (κ3) is 5.48. The molecule has 1 heterocycles. The Hall–Kier alpha value is -1.79. The number of halogens is 2. The molecule has 35 heavy (non-hydrogen) atoms. The van der Waals surface area contributed by atoms with Crippen molar-refractivity contribution in [2.75, 3.05) is 26.7 Å². The van der Waals surface area contributed by atoms with E-state index in [-0.39, 0.29) is 35.6 Å². The van der Waals surface area contributed by atoms with Gasteiger partial charge >= 0.3 is 0 Å². The highest BCUT2D eigenvalue weighted by atomic mass is 35.5. The van der Waals surface area contributed by atoms with Crippen LogP contribution in [0.5, 0.6) is 5.75 Å². The summed E-state index contributed by atoms with van der Waals surface area (Å²) in [6.45, 7) is 3.20. The van der Waals surface area contributed by atoms with Gasteiger partial charge in [-0.15, -0.1) is 0 Å². The lowest BCUT2D eigenvalue weighted by molar-refractivity contribution is -0.123. The predicted molar refractivity (Wildman–Crippen MR) is 139 cm³/mol. The van der Waals surface area contributed by atoms with Gasteiger partial charge < -0.3 is 20.1 Å². The molecule has 2 aromatic rings. The van der Waals surface area contributed by atoms with E-state index in [1.54, 1.807) is 25.3 Å². The molecule has 5 nitrogen and oxygen atoms in total. The highest BCUT2D eigenvalue weighted by Gasteiger charge is 2.53. The molecule has 3 fully saturated rings. The van der Waals surface area contributed by atoms with Crippen LogP contribution >= 0.6 is 23.2 Å². The summed E-state index contributed by atoms with van der Waals surface area (Å²) in [7, 11) is 1.79. The van der Waals surface area contributed by atoms with Gasteiger partial charge in [0, 0.05) is 37.6 Å². The summed E-state index contributed by atoms with van der Waals surface area (Å²) in [5.74, 6) is 1.42. The molecule has 1 aliphatic heterocycles. The number of nitrogens with one attached hydrogen (secondary N) is 1. The number of phenolic OH excluding ortho intramolecular Hbond substituents is 1. The van der Waals surface area contributed by atoms with Crippen LogP contribution in [0.4, 0.5) is 0 Å². The molecule has 2 aromatic carbocycles. The fourth-order valence-corrected chi connectivity index (χ4v) is 6.71. The van der Waals surface area contributed by atoms with Crippen molar-refractivity contribution in [3.8, 4) is 5.75 Å². The van der Waals surface area contributed by atoms with Gasteiger partial charge in [0.1, 0.15) is 5.75 Å². The van der Waals surface area contributed by atoms with E-state index in [1.807, 2.05) is 18.2 Å². The van der Waals surface area contributed by atoms with E-state index in [0.717, 1.165) is 49.4 Å². The van der Waals surface area contributed by atoms with Crippen molar-refractivity contribution in [2.24, 2.45) is 11.8 Å². The topological polar surface area (TPSA) is 61.8 Å². The zero-order valence-corrected chi connectivity index (χ0v) is 21.7. The molecule has 0 aromatic heterocycles. The monoisotopic (exact) mass is 516 g/mol. The lowest BCUT2D eigenvalue weighted by Crippen LogP contribution is -2.61. The Balaban J connectivity index is 1.37. The number of methoxy groups -OCH3 is 1. The van der Waals surface area contributed by atoms with E-state index >= 15 is 0 Å². The molecule has 3 aliphatic rings. The molecule has 188 valence electrons. The van der Waals surface area contributed by atoms with Crippen LogP contribution in [-0.2, 0) is 21.4 Å². The fourth-order valence-electron chi connectivity index (χ4n) is 6.39. The van der Waals surface area contributed by atoms with Crippen LogP contribution in [0.15, 0.2) is 42.5 Å². The number of fused-ring (bicyclic) bond motifs is 1. The van der Waals surface area contributed by atoms with Crippen molar-refractivity contribution in [1.29, 1.82) is 0 Å². The summed E-state index contributed by atoms with van der Waals surface area (Å²) < 4.78 is 6.09. The largest absolute Gasteiger partial charge is 0.508 e. The normalized spacial score (nSPS) is 28.9. The van der Waals surface area contributed by atoms with E-state index in [2.05, 4.69) is 16.3 Å². The average Bonchev–Trinajstić information content (AvgIpc) is 3.65. The second-order valence-electron chi connectivity index (χ2n) is 10.7. The summed E-state index contributed by atoms with van der Waals surface area (Å²) in [6.07, 6.45) is 5.59. The van der Waals surface area contributed by atoms with Crippen LogP contribution in [0, 0.1) is 11.8 Å². The number of hydrogen-bond acceptors (Lipinski definition) is 4. The number of benzene rings is 2. The molecule has 1 saturated heterocycles. The van der Waals surface area contributed by atoms with Crippen molar-refractivity contribution >= 4 is 29.1 Å². The molecule has 4 atom stereocenters. The number of carbonyl (C=O) groups excluding carboxylic acids is 1. The van der Waals surface area contributed by atoms with Gasteiger partial charge in [0.15, 0.2) is 0 Å². The Kier molecular flexibility index (Phi) is 7.32. The first kappa shape index (κ1) is 24.9. The summed E-state index contributed by atoms with van der Waals surface area (Å²) in [4.78, 5) is 15.6. The van der Waals surface area contributed by atoms with Gasteiger partial charge in [0.25, 0.3) is 0 Å². The lowest BCUT2D eigenvalue weighted by Gasteiger charge is -2.55. The second kappa shape index (κ2) is 10.3. The number of rotatable bonds is 7. The SMILES string of the molecule is COC1C[C@H](NC(=O)Cc2ccc(Cl)c(Cl)c2)C[C@]2(c3cccc(O)c3)CCN(CC3CC3)C[C@@H]12. The minimum Gasteiger partial charge on any atom is -0.508 e. The number of piperidine rings is 1. The number of aromatic hydroxyl groups is 1. The first-order chi connectivity index (χ1) is 16.9. The molecule has 2 aliphatic carbocycles. The highest BCUT2D eigenvalue weighted by molar-refractivity contribution is 6.42. The average molecular weight is 517 g/mol. The Morgan fingerprint density at radius 3 is 2.74 bits per heavy atom. The van der Waals surface area contributed by atoms with Gasteiger partial charge in [-0.2, -0.15) is 0 Å². The zero-order chi connectivity index (χ0) is 24.6. The van der Waals surface area contributed by atoms with Crippen LogP contribution in [-0.4, -0.2) is 54.8 Å². The van der Waals surface area contributed by atoms with Crippen LogP contribution in [0.1, 0.15) is 43.2 Å². The quantitative estimate of drug-likeness (QED) is 0.530. The number of likely N-dealkylation sites (tertiary alicyclic amines) is 1. The zero-order valence-electron chi connectivity index (χ0n) is 20.2. The molecule has 0 bridgehead atoms. The molecule has 1 amide bonds. The second-order valence-corrected chi connectivity index (χ2v) is 11.5. The summed E-state index contributed by atoms with van der Waals surface area (Å²) in [6, 6.07) is 13.0. The highest BCUT2D eigenvalue weighted by Crippen LogP contribution is 2.51. The number of hydrogen-bond donors (Lipinski definition) is 2. The van der Waals surface area contributed by atoms with Crippen LogP contribution in [0.2, 0.25) is 10.0 Å². The Bertz CT molecular complexity index is 1080. The van der Waals surface area contributed by atoms with Gasteiger partial charge in [0.05, 0.1) is 22.6 Å². The predicted octanol–water partition coefficient (Wildman–Crippen LogP) is 5.21. The molecule has 2 N–H and O–H groups in total. The number of amides is 1. The van der Waals surface area contributed by atoms with Gasteiger partial charge in [-0.1, -0.05) is 41.4 Å². The van der Waals surface area contributed by atoms with Crippen molar-refractivity contribution in [3.63, 3.8) is 0 Å². The van der Waals surface area contributed by atoms with Crippen molar-refractivity contribution < 1.29 is 14.6 Å². The molecule has 5 rings (SSSR count). The van der Waals surface area contributed by atoms with Crippen LogP contribution < -0.4 is 5.32 Å². The van der Waals surface area contributed by atoms with Crippen molar-refractivity contribution in [1.82, 2.24) is 10.2 Å². The molecule has 0 radical (unpaired) electrons. The van der Waals surface area contributed by atoms with Crippen molar-refractivity contribution in [2.45, 2.75) is 56.1 Å². The number of nitrogens with zero attached hydrogens (tertiary/aromatic N) is 1. The van der Waals surface area contributed by atoms with E-state index in [9.17, 15) is 9.90 Å². The van der Waals surface area contributed by atoms with Crippen molar-refractivity contribution in [3.05, 3.63) is 63.6 Å². The molecule has 2 saturated carbocycles. The smallest absolute Gasteiger partial charge is 0.224 e. The fraction of sp³-hybridized carbons (Fsp3) is 0.536. The van der Waals surface area contributed by atoms with E-state index in [0.29, 0.717) is 16.0 Å². The van der Waals surface area contributed by atoms with E-state index < -0.39 is 0 Å². The third-order valence-corrected chi connectivity index (χ3v) is 9.01. The summed E-state index contributed by atoms with van der Waals surface area (Å²) in [5.41, 5.74) is 1.84. The van der Waals surface area contributed by atoms with Gasteiger partial charge in [-0.3, -0.25) is 4.79 Å². The van der Waals surface area contributed by atoms with Crippen LogP contribution in [0.25, 0.3) is 0 Å². The Morgan fingerprint density at radius 1 is 1.20 bits per heavy atom. The summed E-state index contributed by atoms with van der Waals surface area (Å²) in [5, 5.41) is 14.5. The lowest BCUT2D eigenvalue weighted by atomic mass is 9.57. The Labute approximate surface area is 217 Å². The molecule has 0 spiro atoms. The molecule has 1 unspecified atom stereocenters. The third-order valence-electron chi connectivity index (χ3n) is 8.27. The molecule has 7 heteroatoms. The minimum absolute atomic E-state index is 0.0104. The maximum Gasteiger partial charge on any atom is 0.224 e. The van der Waals surface area contributed by atoms with E-state index in [4.69, 9.17) is 27.9 Å². The number of ether oxygens (including phenoxy) is 1. The van der Waals surface area contributed by atoms with Gasteiger partial charge in [-0.05, 0) is 80.0 Å². The Morgan fingerprint density at radius 2 is 2.03 bits per heavy atom. The minimum atomic E-state index is -0.154. The number of carbonyl (C=O) groups is 1.